The monoisotopic (exact) mass is 770 g/mol. The highest BCUT2D eigenvalue weighted by atomic mass is 32.3. The van der Waals surface area contributed by atoms with Crippen molar-refractivity contribution in [3.8, 4) is 0 Å². The summed E-state index contributed by atoms with van der Waals surface area (Å²) in [6, 6.07) is 26.8. The SMILES string of the molecule is Cc1ccc(S(=O)(=O)OS(c2ccccc2)(c2c(C(C)(C)C)cc(C(C)(C)C)cc2C(C)(C)C)c2c(C(C)(C)C)cc(C(C)(C)C)cc2C(C)(C)C)cc1. The summed E-state index contributed by atoms with van der Waals surface area (Å²) < 4.78 is 38.2. The van der Waals surface area contributed by atoms with Crippen LogP contribution in [0.4, 0.5) is 0 Å². The average Bonchev–Trinajstić information content (AvgIpc) is 3.00. The maximum absolute atomic E-state index is 15.4. The Hall–Kier alpha value is -2.86. The molecular weight excluding hydrogens is 701 g/mol. The minimum absolute atomic E-state index is 0.153. The van der Waals surface area contributed by atoms with Gasteiger partial charge in [-0.05, 0) is 107 Å². The lowest BCUT2D eigenvalue weighted by atomic mass is 9.75. The quantitative estimate of drug-likeness (QED) is 0.196. The van der Waals surface area contributed by atoms with Crippen molar-refractivity contribution in [2.24, 2.45) is 0 Å². The maximum atomic E-state index is 15.4. The van der Waals surface area contributed by atoms with Crippen LogP contribution in [-0.4, -0.2) is 8.42 Å². The topological polar surface area (TPSA) is 43.4 Å². The number of rotatable bonds is 6. The standard InChI is InChI=1S/C49H70O3S2/c1-33-25-27-37(28-26-33)54(50,51)52-53(36-23-21-20-22-24-36,42-38(46(8,9)10)29-34(44(2,3)4)30-39(42)47(11,12)13)43-40(48(14,15)16)31-35(45(5,6)7)32-41(43)49(17,18)19/h20-32H,1-19H3. The van der Waals surface area contributed by atoms with Crippen molar-refractivity contribution in [1.29, 1.82) is 0 Å². The summed E-state index contributed by atoms with van der Waals surface area (Å²) >= 11 is 0. The van der Waals surface area contributed by atoms with E-state index in [0.717, 1.165) is 42.5 Å². The molecule has 0 atom stereocenters. The van der Waals surface area contributed by atoms with Gasteiger partial charge in [-0.15, -0.1) is 0 Å². The van der Waals surface area contributed by atoms with Crippen LogP contribution in [0.15, 0.2) is 98.4 Å². The molecule has 4 aromatic rings. The van der Waals surface area contributed by atoms with Crippen LogP contribution in [0.2, 0.25) is 0 Å². The van der Waals surface area contributed by atoms with E-state index in [4.69, 9.17) is 3.63 Å². The van der Waals surface area contributed by atoms with Crippen molar-refractivity contribution < 1.29 is 12.0 Å². The van der Waals surface area contributed by atoms with E-state index in [2.05, 4.69) is 161 Å². The van der Waals surface area contributed by atoms with Crippen LogP contribution >= 0.6 is 10.3 Å². The zero-order chi connectivity index (χ0) is 41.3. The van der Waals surface area contributed by atoms with Crippen molar-refractivity contribution in [1.82, 2.24) is 0 Å². The third kappa shape index (κ3) is 8.90. The van der Waals surface area contributed by atoms with Crippen LogP contribution in [0.3, 0.4) is 0 Å². The molecule has 5 heteroatoms. The van der Waals surface area contributed by atoms with E-state index in [1.165, 1.54) is 11.1 Å². The lowest BCUT2D eigenvalue weighted by Gasteiger charge is -2.49. The lowest BCUT2D eigenvalue weighted by Crippen LogP contribution is -2.31. The lowest BCUT2D eigenvalue weighted by molar-refractivity contribution is 0.489. The predicted octanol–water partition coefficient (Wildman–Crippen LogP) is 14.4. The van der Waals surface area contributed by atoms with Gasteiger partial charge in [-0.2, -0.15) is 8.42 Å². The van der Waals surface area contributed by atoms with Gasteiger partial charge in [0.15, 0.2) is 0 Å². The number of benzene rings is 4. The molecule has 0 saturated heterocycles. The second-order valence-corrected chi connectivity index (χ2v) is 25.8. The number of hydrogen-bond donors (Lipinski definition) is 0. The first-order chi connectivity index (χ1) is 24.2. The Morgan fingerprint density at radius 2 is 0.722 bits per heavy atom. The molecule has 4 aromatic carbocycles. The van der Waals surface area contributed by atoms with Crippen molar-refractivity contribution in [3.05, 3.63) is 118 Å². The van der Waals surface area contributed by atoms with Gasteiger partial charge in [0, 0.05) is 14.7 Å². The fraction of sp³-hybridized carbons (Fsp3) is 0.510. The minimum atomic E-state index is -4.37. The summed E-state index contributed by atoms with van der Waals surface area (Å²) in [6.45, 7) is 42.6. The molecule has 0 amide bonds. The van der Waals surface area contributed by atoms with Gasteiger partial charge < -0.3 is 0 Å². The summed E-state index contributed by atoms with van der Waals surface area (Å²) in [5.41, 5.74) is 6.04. The van der Waals surface area contributed by atoms with Crippen LogP contribution < -0.4 is 0 Å². The second kappa shape index (κ2) is 14.3. The summed E-state index contributed by atoms with van der Waals surface area (Å²) in [6.07, 6.45) is 0. The largest absolute Gasteiger partial charge is 0.307 e. The van der Waals surface area contributed by atoms with Gasteiger partial charge in [-0.1, -0.05) is 185 Å². The summed E-state index contributed by atoms with van der Waals surface area (Å²) in [5, 5.41) is 0. The van der Waals surface area contributed by atoms with Crippen LogP contribution in [0.1, 0.15) is 164 Å². The fourth-order valence-electron chi connectivity index (χ4n) is 6.91. The molecule has 0 saturated carbocycles. The summed E-state index contributed by atoms with van der Waals surface area (Å²) in [5.74, 6) is 0. The molecule has 0 N–H and O–H groups in total. The Kier molecular flexibility index (Phi) is 11.6. The van der Waals surface area contributed by atoms with E-state index in [-0.39, 0.29) is 37.4 Å². The van der Waals surface area contributed by atoms with Crippen LogP contribution in [0.5, 0.6) is 0 Å². The molecule has 0 bridgehead atoms. The fourth-order valence-corrected chi connectivity index (χ4v) is 13.5. The highest BCUT2D eigenvalue weighted by Crippen LogP contribution is 2.76. The third-order valence-electron chi connectivity index (χ3n) is 10.3. The molecule has 0 aliphatic carbocycles. The Morgan fingerprint density at radius 1 is 0.407 bits per heavy atom. The van der Waals surface area contributed by atoms with Crippen LogP contribution in [-0.2, 0) is 46.2 Å². The summed E-state index contributed by atoms with van der Waals surface area (Å²) in [4.78, 5) is 2.98. The zero-order valence-corrected chi connectivity index (χ0v) is 38.7. The smallest absolute Gasteiger partial charge is 0.203 e. The normalized spacial score (nSPS) is 14.4. The van der Waals surface area contributed by atoms with E-state index in [1.54, 1.807) is 12.1 Å². The van der Waals surface area contributed by atoms with E-state index >= 15 is 8.42 Å². The van der Waals surface area contributed by atoms with Gasteiger partial charge in [-0.3, -0.25) is 0 Å². The van der Waals surface area contributed by atoms with Gasteiger partial charge >= 0.3 is 10.1 Å². The predicted molar refractivity (Wildman–Crippen MR) is 233 cm³/mol. The minimum Gasteiger partial charge on any atom is -0.203 e. The van der Waals surface area contributed by atoms with Crippen molar-refractivity contribution >= 4 is 20.4 Å². The molecule has 0 aliphatic heterocycles. The van der Waals surface area contributed by atoms with Crippen molar-refractivity contribution in [2.45, 2.75) is 184 Å². The number of aryl methyl sites for hydroxylation is 1. The molecule has 3 nitrogen and oxygen atoms in total. The first kappa shape index (κ1) is 43.9. The number of hydrogen-bond acceptors (Lipinski definition) is 3. The molecule has 0 heterocycles. The van der Waals surface area contributed by atoms with E-state index in [0.29, 0.717) is 0 Å². The Balaban J connectivity index is 2.58. The zero-order valence-electron chi connectivity index (χ0n) is 37.0. The second-order valence-electron chi connectivity index (χ2n) is 21.5. The van der Waals surface area contributed by atoms with Gasteiger partial charge in [0.1, 0.15) is 0 Å². The van der Waals surface area contributed by atoms with Gasteiger partial charge in [0.25, 0.3) is 0 Å². The third-order valence-corrected chi connectivity index (χ3v) is 15.6. The molecule has 0 unspecified atom stereocenters. The van der Waals surface area contributed by atoms with E-state index in [9.17, 15) is 0 Å². The van der Waals surface area contributed by atoms with Crippen molar-refractivity contribution in [2.75, 3.05) is 0 Å². The molecule has 4 rings (SSSR count). The van der Waals surface area contributed by atoms with Gasteiger partial charge in [-0.25, -0.2) is 3.63 Å². The first-order valence-electron chi connectivity index (χ1n) is 19.5. The Bertz CT molecular complexity index is 1920. The van der Waals surface area contributed by atoms with Crippen molar-refractivity contribution in [3.63, 3.8) is 0 Å². The molecular formula is C49H70O3S2. The van der Waals surface area contributed by atoms with Gasteiger partial charge in [0.05, 0.1) is 4.90 Å². The van der Waals surface area contributed by atoms with E-state index < -0.39 is 20.4 Å². The molecule has 0 aromatic heterocycles. The first-order valence-corrected chi connectivity index (χ1v) is 22.5. The van der Waals surface area contributed by atoms with Crippen LogP contribution in [0, 0.1) is 6.92 Å². The Morgan fingerprint density at radius 3 is 1.00 bits per heavy atom. The maximum Gasteiger partial charge on any atom is 0.307 e. The summed E-state index contributed by atoms with van der Waals surface area (Å²) in [7, 11) is -7.48. The highest BCUT2D eigenvalue weighted by molar-refractivity contribution is 8.33. The highest BCUT2D eigenvalue weighted by Gasteiger charge is 2.49. The molecule has 296 valence electrons. The Labute approximate surface area is 332 Å². The van der Waals surface area contributed by atoms with Crippen LogP contribution in [0.25, 0.3) is 0 Å². The molecule has 0 radical (unpaired) electrons. The molecule has 0 spiro atoms. The van der Waals surface area contributed by atoms with Gasteiger partial charge in [0.2, 0.25) is 0 Å². The molecule has 0 aliphatic rings. The molecule has 0 fully saturated rings. The molecule has 54 heavy (non-hydrogen) atoms. The average molecular weight is 771 g/mol. The van der Waals surface area contributed by atoms with E-state index in [1.807, 2.05) is 37.3 Å².